The van der Waals surface area contributed by atoms with E-state index in [1.165, 1.54) is 28.0 Å². The van der Waals surface area contributed by atoms with Crippen LogP contribution in [-0.4, -0.2) is 122 Å². The third kappa shape index (κ3) is 13.9. The third-order valence-corrected chi connectivity index (χ3v) is 15.5. The number of likely N-dealkylation sites (tertiary alicyclic amines) is 2. The number of ketones is 1. The number of imide groups is 1. The summed E-state index contributed by atoms with van der Waals surface area (Å²) >= 11 is 2.61. The summed E-state index contributed by atoms with van der Waals surface area (Å²) in [6.45, 7) is 12.8. The van der Waals surface area contributed by atoms with Crippen LogP contribution in [0.25, 0.3) is 0 Å². The number of unbranched alkanes of at least 4 members (excludes halogenated alkanes) is 2. The van der Waals surface area contributed by atoms with E-state index < -0.39 is 41.3 Å². The highest BCUT2D eigenvalue weighted by atomic mass is 32.2. The molecular formula is C48H72N6O8S2. The van der Waals surface area contributed by atoms with Gasteiger partial charge in [-0.25, -0.2) is 4.98 Å². The van der Waals surface area contributed by atoms with E-state index in [-0.39, 0.29) is 83.9 Å². The van der Waals surface area contributed by atoms with Gasteiger partial charge in [-0.3, -0.25) is 43.4 Å². The van der Waals surface area contributed by atoms with Gasteiger partial charge in [0, 0.05) is 56.2 Å². The van der Waals surface area contributed by atoms with Crippen LogP contribution in [0.15, 0.2) is 35.7 Å². The summed E-state index contributed by atoms with van der Waals surface area (Å²) in [7, 11) is 3.74. The molecule has 8 atom stereocenters. The molecule has 0 saturated carbocycles. The first-order valence-electron chi connectivity index (χ1n) is 23.0. The van der Waals surface area contributed by atoms with Gasteiger partial charge in [0.2, 0.25) is 23.6 Å². The standard InChI is InChI=1S/C48H72N6O8S2/c1-10-31(4)35(26-40(55)48(6)21-17-22-52(48)7)45(59)53(8)38(30(2)3)27-36(50-41(56)20-15-12-16-23-54-42(57)28-39(63-9)46(54)60)44-51-37(29-64-44)43(58)49-34(24-32(5)47(61)62)25-33-18-13-11-14-19-33/h11,13-14,18-19,29-32,34-36,38-39H,10,12,15-17,20-28H2,1-9H3,(H,49,58)(H,50,56)(H,61,62)/t31-,32-,34+,35-,36+,38+,39?,48+/m0/s1. The fraction of sp³-hybridized carbons (Fsp3) is 0.667. The van der Waals surface area contributed by atoms with Gasteiger partial charge < -0.3 is 20.6 Å². The van der Waals surface area contributed by atoms with E-state index in [9.17, 15) is 38.7 Å². The Hall–Kier alpha value is -4.15. The number of likely N-dealkylation sites (N-methyl/N-ethyl adjacent to an activating group) is 1. The van der Waals surface area contributed by atoms with Crippen LogP contribution >= 0.6 is 23.1 Å². The van der Waals surface area contributed by atoms with E-state index in [1.807, 2.05) is 78.3 Å². The van der Waals surface area contributed by atoms with Crippen molar-refractivity contribution in [3.05, 3.63) is 52.0 Å². The van der Waals surface area contributed by atoms with Gasteiger partial charge in [0.25, 0.3) is 5.91 Å². The van der Waals surface area contributed by atoms with Gasteiger partial charge in [0.05, 0.1) is 22.7 Å². The third-order valence-electron chi connectivity index (χ3n) is 13.6. The lowest BCUT2D eigenvalue weighted by atomic mass is 9.80. The Morgan fingerprint density at radius 3 is 2.33 bits per heavy atom. The van der Waals surface area contributed by atoms with Crippen LogP contribution < -0.4 is 10.6 Å². The monoisotopic (exact) mass is 924 g/mol. The number of nitrogens with zero attached hydrogens (tertiary/aromatic N) is 4. The number of aliphatic carboxylic acids is 1. The molecule has 2 fully saturated rings. The number of rotatable bonds is 26. The molecule has 1 aromatic carbocycles. The Morgan fingerprint density at radius 1 is 1.03 bits per heavy atom. The first-order chi connectivity index (χ1) is 30.3. The molecule has 2 aliphatic heterocycles. The second kappa shape index (κ2) is 24.4. The number of carbonyl (C=O) groups excluding carboxylic acids is 6. The maximum atomic E-state index is 14.6. The summed E-state index contributed by atoms with van der Waals surface area (Å²) in [5, 5.41) is 17.7. The van der Waals surface area contributed by atoms with Crippen molar-refractivity contribution in [1.82, 2.24) is 30.3 Å². The summed E-state index contributed by atoms with van der Waals surface area (Å²) in [4.78, 5) is 103. The number of Topliss-reactive ketones (excluding diaryl/α,β-unsaturated/α-hetero) is 1. The summed E-state index contributed by atoms with van der Waals surface area (Å²) < 4.78 is 0. The number of amides is 5. The normalized spacial score (nSPS) is 20.7. The van der Waals surface area contributed by atoms with Crippen molar-refractivity contribution in [3.8, 4) is 0 Å². The zero-order chi connectivity index (χ0) is 47.3. The van der Waals surface area contributed by atoms with Crippen LogP contribution in [0.5, 0.6) is 0 Å². The summed E-state index contributed by atoms with van der Waals surface area (Å²) in [5.74, 6) is -3.33. The molecule has 0 radical (unpaired) electrons. The topological polar surface area (TPSA) is 186 Å². The second-order valence-electron chi connectivity index (χ2n) is 18.6. The highest BCUT2D eigenvalue weighted by Gasteiger charge is 2.44. The molecule has 1 aromatic heterocycles. The Morgan fingerprint density at radius 2 is 1.73 bits per heavy atom. The smallest absolute Gasteiger partial charge is 0.306 e. The number of hydrogen-bond acceptors (Lipinski definition) is 11. The summed E-state index contributed by atoms with van der Waals surface area (Å²) in [6, 6.07) is 8.01. The van der Waals surface area contributed by atoms with Crippen LogP contribution in [0.3, 0.4) is 0 Å². The van der Waals surface area contributed by atoms with Crippen LogP contribution in [0.1, 0.15) is 139 Å². The lowest BCUT2D eigenvalue weighted by Gasteiger charge is -2.38. The van der Waals surface area contributed by atoms with Crippen molar-refractivity contribution in [2.24, 2.45) is 23.7 Å². The van der Waals surface area contributed by atoms with E-state index in [4.69, 9.17) is 4.98 Å². The van der Waals surface area contributed by atoms with Gasteiger partial charge in [-0.1, -0.05) is 77.8 Å². The van der Waals surface area contributed by atoms with E-state index in [0.717, 1.165) is 31.4 Å². The predicted octanol–water partition coefficient (Wildman–Crippen LogP) is 6.78. The van der Waals surface area contributed by atoms with E-state index in [1.54, 1.807) is 24.3 Å². The Labute approximate surface area is 388 Å². The highest BCUT2D eigenvalue weighted by molar-refractivity contribution is 8.00. The molecule has 14 nitrogen and oxygen atoms in total. The number of nitrogens with one attached hydrogen (secondary N) is 2. The van der Waals surface area contributed by atoms with Crippen molar-refractivity contribution < 1.29 is 38.7 Å². The molecule has 5 amide bonds. The van der Waals surface area contributed by atoms with E-state index >= 15 is 0 Å². The largest absolute Gasteiger partial charge is 0.481 e. The van der Waals surface area contributed by atoms with Gasteiger partial charge >= 0.3 is 5.97 Å². The first kappa shape index (κ1) is 52.5. The molecule has 3 N–H and O–H groups in total. The second-order valence-corrected chi connectivity index (χ2v) is 20.5. The molecule has 0 aliphatic carbocycles. The predicted molar refractivity (Wildman–Crippen MR) is 252 cm³/mol. The van der Waals surface area contributed by atoms with Crippen molar-refractivity contribution in [2.75, 3.05) is 33.4 Å². The lowest BCUT2D eigenvalue weighted by Crippen LogP contribution is -2.50. The molecule has 0 bridgehead atoms. The molecule has 2 aromatic rings. The number of carboxylic acid groups (broad SMARTS) is 1. The molecule has 2 saturated heterocycles. The molecule has 64 heavy (non-hydrogen) atoms. The minimum Gasteiger partial charge on any atom is -0.481 e. The van der Waals surface area contributed by atoms with E-state index in [0.29, 0.717) is 43.7 Å². The Balaban J connectivity index is 1.55. The lowest BCUT2D eigenvalue weighted by molar-refractivity contribution is -0.143. The van der Waals surface area contributed by atoms with Crippen LogP contribution in [0.2, 0.25) is 0 Å². The van der Waals surface area contributed by atoms with Gasteiger partial charge in [-0.2, -0.15) is 11.8 Å². The molecular weight excluding hydrogens is 853 g/mol. The van der Waals surface area contributed by atoms with Gasteiger partial charge in [0.15, 0.2) is 5.78 Å². The molecule has 3 heterocycles. The molecule has 354 valence electrons. The number of thiazole rings is 1. The fourth-order valence-electron chi connectivity index (χ4n) is 8.95. The van der Waals surface area contributed by atoms with Crippen molar-refractivity contribution in [3.63, 3.8) is 0 Å². The van der Waals surface area contributed by atoms with Crippen LogP contribution in [0, 0.1) is 23.7 Å². The van der Waals surface area contributed by atoms with Crippen LogP contribution in [-0.2, 0) is 35.2 Å². The van der Waals surface area contributed by atoms with Crippen LogP contribution in [0.4, 0.5) is 0 Å². The first-order valence-corrected chi connectivity index (χ1v) is 25.2. The average Bonchev–Trinajstić information content (AvgIpc) is 3.97. The van der Waals surface area contributed by atoms with Crippen molar-refractivity contribution in [2.45, 2.75) is 148 Å². The summed E-state index contributed by atoms with van der Waals surface area (Å²) in [6.07, 6.45) is 7.44. The van der Waals surface area contributed by atoms with Gasteiger partial charge in [-0.15, -0.1) is 11.3 Å². The minimum absolute atomic E-state index is 0.0459. The van der Waals surface area contributed by atoms with Gasteiger partial charge in [-0.05, 0) is 89.1 Å². The molecule has 1 unspecified atom stereocenters. The van der Waals surface area contributed by atoms with Gasteiger partial charge in [0.1, 0.15) is 10.7 Å². The molecule has 16 heteroatoms. The number of aromatic nitrogens is 1. The SMILES string of the molecule is CC[C@H](C)[C@H](CC(=O)[C@@]1(C)CCCN1C)C(=O)N(C)[C@H](C[C@@H](NC(=O)CCCCCN1C(=O)CC(SC)C1=O)c1nc(C(=O)N[C@@H](Cc2ccccc2)C[C@H](C)C(=O)O)cs1)C(C)C. The minimum atomic E-state index is -0.955. The number of hydrogen-bond donors (Lipinski definition) is 3. The fourth-order valence-corrected chi connectivity index (χ4v) is 10.5. The number of carbonyl (C=O) groups is 7. The molecule has 4 rings (SSSR count). The van der Waals surface area contributed by atoms with E-state index in [2.05, 4.69) is 15.5 Å². The zero-order valence-electron chi connectivity index (χ0n) is 39.4. The average molecular weight is 925 g/mol. The quantitative estimate of drug-likeness (QED) is 0.0667. The number of thioether (sulfide) groups is 1. The Kier molecular flexibility index (Phi) is 20.0. The molecule has 0 spiro atoms. The summed E-state index contributed by atoms with van der Waals surface area (Å²) in [5.41, 5.74) is 0.483. The maximum absolute atomic E-state index is 14.6. The Bertz CT molecular complexity index is 1930. The number of carboxylic acids is 1. The highest BCUT2D eigenvalue weighted by Crippen LogP contribution is 2.35. The van der Waals surface area contributed by atoms with Crippen molar-refractivity contribution in [1.29, 1.82) is 0 Å². The zero-order valence-corrected chi connectivity index (χ0v) is 41.0. The maximum Gasteiger partial charge on any atom is 0.306 e. The number of benzene rings is 1. The molecule has 2 aliphatic rings. The van der Waals surface area contributed by atoms with Crippen molar-refractivity contribution >= 4 is 64.4 Å².